The van der Waals surface area contributed by atoms with E-state index in [9.17, 15) is 14.0 Å². The van der Waals surface area contributed by atoms with Crippen LogP contribution in [0.3, 0.4) is 0 Å². The zero-order valence-electron chi connectivity index (χ0n) is 14.1. The molecule has 0 aliphatic carbocycles. The summed E-state index contributed by atoms with van der Waals surface area (Å²) in [5.74, 6) is -0.890. The summed E-state index contributed by atoms with van der Waals surface area (Å²) in [4.78, 5) is 36.8. The Hall–Kier alpha value is -3.33. The van der Waals surface area contributed by atoms with E-state index in [2.05, 4.69) is 15.0 Å². The summed E-state index contributed by atoms with van der Waals surface area (Å²) < 4.78 is 24.7. The van der Waals surface area contributed by atoms with E-state index >= 15 is 0 Å². The van der Waals surface area contributed by atoms with E-state index in [0.29, 0.717) is 37.2 Å². The molecule has 4 rings (SSSR count). The molecule has 27 heavy (non-hydrogen) atoms. The number of nitrogens with zero attached hydrogens (tertiary/aromatic N) is 3. The van der Waals surface area contributed by atoms with Gasteiger partial charge in [-0.05, 0) is 18.2 Å². The maximum Gasteiger partial charge on any atom is 0.302 e. The van der Waals surface area contributed by atoms with Crippen LogP contribution in [0.1, 0.15) is 10.4 Å². The lowest BCUT2D eigenvalue weighted by molar-refractivity contribution is 0.0302. The first-order valence-electron chi connectivity index (χ1n) is 8.30. The first kappa shape index (κ1) is 17.1. The van der Waals surface area contributed by atoms with Crippen molar-refractivity contribution in [3.8, 4) is 11.8 Å². The molecule has 1 N–H and O–H groups in total. The fourth-order valence-electron chi connectivity index (χ4n) is 2.82. The van der Waals surface area contributed by atoms with Gasteiger partial charge in [-0.3, -0.25) is 19.6 Å². The summed E-state index contributed by atoms with van der Waals surface area (Å²) >= 11 is 0. The Morgan fingerprint density at radius 1 is 1.26 bits per heavy atom. The maximum atomic E-state index is 14.0. The number of morpholine rings is 1. The number of carbonyl (C=O) groups excluding carboxylic acids is 1. The highest BCUT2D eigenvalue weighted by Crippen LogP contribution is 2.22. The number of nitrogens with one attached hydrogen (secondary N) is 1. The molecular formula is C18H15FN4O4. The van der Waals surface area contributed by atoms with Crippen molar-refractivity contribution in [3.63, 3.8) is 0 Å². The summed E-state index contributed by atoms with van der Waals surface area (Å²) in [6.07, 6.45) is 2.91. The number of rotatable bonds is 3. The molecule has 0 bridgehead atoms. The zero-order valence-corrected chi connectivity index (χ0v) is 14.1. The molecule has 1 aliphatic rings. The minimum atomic E-state index is -0.631. The Morgan fingerprint density at radius 2 is 2.07 bits per heavy atom. The van der Waals surface area contributed by atoms with Crippen LogP contribution >= 0.6 is 0 Å². The van der Waals surface area contributed by atoms with Crippen molar-refractivity contribution < 1.29 is 18.7 Å². The molecule has 138 valence electrons. The van der Waals surface area contributed by atoms with Crippen molar-refractivity contribution in [2.45, 2.75) is 0 Å². The SMILES string of the molecule is O=C(c1cc(F)cc(Oc2nc3cnccc3c(=O)[nH]2)c1)N1CCOCC1. The Bertz CT molecular complexity index is 1060. The molecular weight excluding hydrogens is 355 g/mol. The van der Waals surface area contributed by atoms with Crippen LogP contribution in [-0.2, 0) is 4.74 Å². The Kier molecular flexibility index (Phi) is 4.51. The van der Waals surface area contributed by atoms with Crippen molar-refractivity contribution in [2.24, 2.45) is 0 Å². The van der Waals surface area contributed by atoms with Gasteiger partial charge in [-0.15, -0.1) is 0 Å². The summed E-state index contributed by atoms with van der Waals surface area (Å²) in [6, 6.07) is 5.09. The molecule has 1 aromatic carbocycles. The Balaban J connectivity index is 1.63. The van der Waals surface area contributed by atoms with Crippen molar-refractivity contribution in [1.82, 2.24) is 19.9 Å². The topological polar surface area (TPSA) is 97.4 Å². The number of pyridine rings is 1. The van der Waals surface area contributed by atoms with Crippen LogP contribution in [-0.4, -0.2) is 52.1 Å². The average molecular weight is 370 g/mol. The van der Waals surface area contributed by atoms with E-state index in [0.717, 1.165) is 12.1 Å². The maximum absolute atomic E-state index is 14.0. The molecule has 0 radical (unpaired) electrons. The molecule has 3 aromatic rings. The van der Waals surface area contributed by atoms with Gasteiger partial charge in [-0.1, -0.05) is 0 Å². The van der Waals surface area contributed by atoms with Gasteiger partial charge in [0.15, 0.2) is 0 Å². The number of fused-ring (bicyclic) bond motifs is 1. The summed E-state index contributed by atoms with van der Waals surface area (Å²) in [5, 5.41) is 0.361. The lowest BCUT2D eigenvalue weighted by atomic mass is 10.1. The fraction of sp³-hybridized carbons (Fsp3) is 0.222. The van der Waals surface area contributed by atoms with E-state index in [1.54, 1.807) is 4.90 Å². The van der Waals surface area contributed by atoms with E-state index in [-0.39, 0.29) is 23.2 Å². The van der Waals surface area contributed by atoms with Crippen LogP contribution in [0.25, 0.3) is 10.9 Å². The number of hydrogen-bond acceptors (Lipinski definition) is 6. The van der Waals surface area contributed by atoms with E-state index < -0.39 is 11.4 Å². The number of ether oxygens (including phenoxy) is 2. The Labute approximate surface area is 152 Å². The number of aromatic nitrogens is 3. The molecule has 1 fully saturated rings. The van der Waals surface area contributed by atoms with Gasteiger partial charge >= 0.3 is 6.01 Å². The van der Waals surface area contributed by atoms with Gasteiger partial charge in [-0.2, -0.15) is 4.98 Å². The number of aromatic amines is 1. The first-order valence-corrected chi connectivity index (χ1v) is 8.30. The van der Waals surface area contributed by atoms with Gasteiger partial charge in [0.05, 0.1) is 30.3 Å². The molecule has 1 aliphatic heterocycles. The summed E-state index contributed by atoms with van der Waals surface area (Å²) in [6.45, 7) is 1.78. The zero-order chi connectivity index (χ0) is 18.8. The number of halogens is 1. The molecule has 1 saturated heterocycles. The van der Waals surface area contributed by atoms with Crippen LogP contribution in [0.4, 0.5) is 4.39 Å². The standard InChI is InChI=1S/C18H15FN4O4/c19-12-7-11(17(25)23-3-5-26-6-4-23)8-13(9-12)27-18-21-15-10-20-2-1-14(15)16(24)22-18/h1-2,7-10H,3-6H2,(H,21,22,24). The first-order chi connectivity index (χ1) is 13.1. The normalized spacial score (nSPS) is 14.3. The molecule has 0 saturated carbocycles. The third-order valence-corrected chi connectivity index (χ3v) is 4.12. The molecule has 1 amide bonds. The van der Waals surface area contributed by atoms with Crippen LogP contribution < -0.4 is 10.3 Å². The van der Waals surface area contributed by atoms with E-state index in [1.165, 1.54) is 24.5 Å². The largest absolute Gasteiger partial charge is 0.425 e. The fourth-order valence-corrected chi connectivity index (χ4v) is 2.82. The smallest absolute Gasteiger partial charge is 0.302 e. The predicted octanol–water partition coefficient (Wildman–Crippen LogP) is 1.72. The van der Waals surface area contributed by atoms with Gasteiger partial charge in [0.2, 0.25) is 0 Å². The third-order valence-electron chi connectivity index (χ3n) is 4.12. The monoisotopic (exact) mass is 370 g/mol. The second-order valence-electron chi connectivity index (χ2n) is 5.95. The minimum absolute atomic E-state index is 0.0537. The van der Waals surface area contributed by atoms with E-state index in [4.69, 9.17) is 9.47 Å². The van der Waals surface area contributed by atoms with Gasteiger partial charge in [0.25, 0.3) is 11.5 Å². The number of amides is 1. The van der Waals surface area contributed by atoms with Crippen LogP contribution in [0.2, 0.25) is 0 Å². The number of benzene rings is 1. The average Bonchev–Trinajstić information content (AvgIpc) is 2.68. The molecule has 9 heteroatoms. The number of carbonyl (C=O) groups is 1. The highest BCUT2D eigenvalue weighted by molar-refractivity contribution is 5.94. The highest BCUT2D eigenvalue weighted by Gasteiger charge is 2.20. The second kappa shape index (κ2) is 7.12. The van der Waals surface area contributed by atoms with Crippen LogP contribution in [0.5, 0.6) is 11.8 Å². The van der Waals surface area contributed by atoms with Gasteiger partial charge in [-0.25, -0.2) is 4.39 Å². The van der Waals surface area contributed by atoms with Crippen molar-refractivity contribution in [2.75, 3.05) is 26.3 Å². The lowest BCUT2D eigenvalue weighted by Gasteiger charge is -2.27. The van der Waals surface area contributed by atoms with Gasteiger partial charge in [0, 0.05) is 30.9 Å². The van der Waals surface area contributed by atoms with Crippen molar-refractivity contribution >= 4 is 16.8 Å². The molecule has 8 nitrogen and oxygen atoms in total. The van der Waals surface area contributed by atoms with Gasteiger partial charge in [0.1, 0.15) is 11.6 Å². The predicted molar refractivity (Wildman–Crippen MR) is 93.4 cm³/mol. The number of H-pyrrole nitrogens is 1. The molecule has 2 aromatic heterocycles. The molecule has 0 spiro atoms. The third kappa shape index (κ3) is 3.63. The summed E-state index contributed by atoms with van der Waals surface area (Å²) in [5.41, 5.74) is 0.0902. The van der Waals surface area contributed by atoms with Crippen LogP contribution in [0, 0.1) is 5.82 Å². The quantitative estimate of drug-likeness (QED) is 0.754. The van der Waals surface area contributed by atoms with Crippen molar-refractivity contribution in [1.29, 1.82) is 0 Å². The summed E-state index contributed by atoms with van der Waals surface area (Å²) in [7, 11) is 0. The molecule has 3 heterocycles. The van der Waals surface area contributed by atoms with Crippen LogP contribution in [0.15, 0.2) is 41.5 Å². The second-order valence-corrected chi connectivity index (χ2v) is 5.95. The lowest BCUT2D eigenvalue weighted by Crippen LogP contribution is -2.40. The van der Waals surface area contributed by atoms with E-state index in [1.807, 2.05) is 0 Å². The molecule has 0 unspecified atom stereocenters. The minimum Gasteiger partial charge on any atom is -0.425 e. The van der Waals surface area contributed by atoms with Crippen molar-refractivity contribution in [3.05, 3.63) is 58.4 Å². The Morgan fingerprint density at radius 3 is 2.89 bits per heavy atom. The number of hydrogen-bond donors (Lipinski definition) is 1. The van der Waals surface area contributed by atoms with Gasteiger partial charge < -0.3 is 14.4 Å². The highest BCUT2D eigenvalue weighted by atomic mass is 19.1. The molecule has 0 atom stereocenters.